The van der Waals surface area contributed by atoms with Crippen LogP contribution in [0, 0.1) is 0 Å². The molecule has 0 nitrogen and oxygen atoms in total. The number of rotatable bonds is 10. The van der Waals surface area contributed by atoms with E-state index >= 15 is 0 Å². The van der Waals surface area contributed by atoms with Gasteiger partial charge in [0.25, 0.3) is 0 Å². The van der Waals surface area contributed by atoms with Gasteiger partial charge in [0.1, 0.15) is 0 Å². The zero-order valence-corrected chi connectivity index (χ0v) is 41.7. The Balaban J connectivity index is 0.000000201. The molecule has 0 aromatic heterocycles. The molecule has 0 aliphatic carbocycles. The van der Waals surface area contributed by atoms with Crippen molar-refractivity contribution in [1.82, 2.24) is 0 Å². The summed E-state index contributed by atoms with van der Waals surface area (Å²) in [7, 11) is 11.0. The molecule has 0 aliphatic rings. The van der Waals surface area contributed by atoms with Crippen molar-refractivity contribution >= 4 is 48.1 Å². The molecule has 0 bridgehead atoms. The van der Waals surface area contributed by atoms with Gasteiger partial charge in [-0.05, 0) is 69.2 Å². The standard InChI is InChI=1S/2C27H27.C2H6Si.2ClH.Zr/c2*1-4-19(3)23-17-22-15-16-25(21-12-7-6-8-13-21)27(26(22)18-23)24-14-10-9-11-20(24)5-2;1-3-2;;;/h2*6-19H,4-5H2,1-3H3;1-2H3;2*1H;/q2*-1;;;;+4/p-2. The summed E-state index contributed by atoms with van der Waals surface area (Å²) in [6.45, 7) is 18.0. The minimum atomic E-state index is -0.826. The van der Waals surface area contributed by atoms with Gasteiger partial charge in [0, 0.05) is 9.52 Å². The summed E-state index contributed by atoms with van der Waals surface area (Å²) < 4.78 is 0. The van der Waals surface area contributed by atoms with Gasteiger partial charge in [0.2, 0.25) is 0 Å². The Labute approximate surface area is 382 Å². The predicted octanol–water partition coefficient (Wildman–Crippen LogP) is 18.1. The zero-order chi connectivity index (χ0) is 43.0. The van der Waals surface area contributed by atoms with Crippen LogP contribution in [0.3, 0.4) is 0 Å². The van der Waals surface area contributed by atoms with Crippen molar-refractivity contribution in [2.24, 2.45) is 0 Å². The first-order valence-electron chi connectivity index (χ1n) is 21.6. The van der Waals surface area contributed by atoms with Crippen LogP contribution in [0.2, 0.25) is 13.1 Å². The SMILES string of the molecule is CCc1ccccc1-c1c(-c2ccccc2)ccc2[cH-]c(C(C)CC)cc12.CCc1ccccc1-c1c(-c2ccccc2)ccc2[cH-]c(C(C)CC)cc12.C[Si]C.[Cl][Zr+2][Cl]. The van der Waals surface area contributed by atoms with Crippen molar-refractivity contribution in [2.45, 2.75) is 92.2 Å². The van der Waals surface area contributed by atoms with E-state index in [1.54, 1.807) is 0 Å². The van der Waals surface area contributed by atoms with Crippen molar-refractivity contribution in [3.05, 3.63) is 180 Å². The van der Waals surface area contributed by atoms with Crippen LogP contribution in [0.1, 0.15) is 88.5 Å². The monoisotopic (exact) mass is 920 g/mol. The molecule has 2 atom stereocenters. The second kappa shape index (κ2) is 24.0. The van der Waals surface area contributed by atoms with E-state index in [4.69, 9.17) is 17.0 Å². The number of hydrogen-bond donors (Lipinski definition) is 0. The van der Waals surface area contributed by atoms with Gasteiger partial charge in [-0.15, -0.1) is 56.9 Å². The Morgan fingerprint density at radius 2 is 0.817 bits per heavy atom. The normalized spacial score (nSPS) is 11.6. The Morgan fingerprint density at radius 1 is 0.483 bits per heavy atom. The summed E-state index contributed by atoms with van der Waals surface area (Å²) in [5.74, 6) is 1.18. The van der Waals surface area contributed by atoms with Gasteiger partial charge in [0.15, 0.2) is 0 Å². The Bertz CT molecular complexity index is 2340. The average molecular weight is 923 g/mol. The summed E-state index contributed by atoms with van der Waals surface area (Å²) in [5, 5.41) is 5.47. The van der Waals surface area contributed by atoms with Crippen LogP contribution in [0.15, 0.2) is 158 Å². The predicted molar refractivity (Wildman–Crippen MR) is 266 cm³/mol. The molecule has 306 valence electrons. The van der Waals surface area contributed by atoms with Gasteiger partial charge < -0.3 is 0 Å². The quantitative estimate of drug-likeness (QED) is 0.0947. The van der Waals surface area contributed by atoms with Gasteiger partial charge in [-0.3, -0.25) is 0 Å². The number of aryl methyl sites for hydroxylation is 2. The van der Waals surface area contributed by atoms with E-state index in [1.807, 2.05) is 0 Å². The van der Waals surface area contributed by atoms with Gasteiger partial charge in [-0.2, -0.15) is 12.1 Å². The van der Waals surface area contributed by atoms with E-state index < -0.39 is 20.8 Å². The molecule has 8 aromatic carbocycles. The molecule has 2 unspecified atom stereocenters. The maximum atomic E-state index is 4.93. The van der Waals surface area contributed by atoms with Gasteiger partial charge in [-0.1, -0.05) is 200 Å². The fraction of sp³-hybridized carbons (Fsp3) is 0.250. The third-order valence-corrected chi connectivity index (χ3v) is 11.7. The molecule has 0 saturated heterocycles. The molecule has 8 aromatic rings. The molecule has 0 spiro atoms. The minimum absolute atomic E-state index is 0.590. The molecular weight excluding hydrogens is 863 g/mol. The van der Waals surface area contributed by atoms with E-state index in [1.165, 1.54) is 101 Å². The fourth-order valence-corrected chi connectivity index (χ4v) is 8.09. The van der Waals surface area contributed by atoms with E-state index in [9.17, 15) is 0 Å². The van der Waals surface area contributed by atoms with Gasteiger partial charge in [-0.25, -0.2) is 0 Å². The van der Waals surface area contributed by atoms with Crippen LogP contribution in [-0.2, 0) is 33.7 Å². The van der Waals surface area contributed by atoms with Crippen LogP contribution in [0.4, 0.5) is 0 Å². The van der Waals surface area contributed by atoms with E-state index in [-0.39, 0.29) is 0 Å². The topological polar surface area (TPSA) is 0 Å². The average Bonchev–Trinajstić information content (AvgIpc) is 3.95. The summed E-state index contributed by atoms with van der Waals surface area (Å²) in [4.78, 5) is 0. The Hall–Kier alpha value is -3.78. The van der Waals surface area contributed by atoms with Gasteiger partial charge in [0.05, 0.1) is 0 Å². The van der Waals surface area contributed by atoms with Crippen LogP contribution >= 0.6 is 17.0 Å². The molecule has 0 fully saturated rings. The first-order valence-corrected chi connectivity index (χ1v) is 29.9. The first kappa shape index (κ1) is 47.3. The summed E-state index contributed by atoms with van der Waals surface area (Å²) in [6.07, 6.45) is 4.42. The van der Waals surface area contributed by atoms with Crippen LogP contribution in [-0.4, -0.2) is 9.52 Å². The number of benzene rings is 6. The van der Waals surface area contributed by atoms with Gasteiger partial charge >= 0.3 is 37.9 Å². The molecular formula is C56H60Cl2SiZr. The van der Waals surface area contributed by atoms with Crippen molar-refractivity contribution < 1.29 is 20.8 Å². The molecule has 0 N–H and O–H groups in total. The van der Waals surface area contributed by atoms with Crippen molar-refractivity contribution in [1.29, 1.82) is 0 Å². The molecule has 4 heteroatoms. The summed E-state index contributed by atoms with van der Waals surface area (Å²) in [5.41, 5.74) is 16.4. The molecule has 60 heavy (non-hydrogen) atoms. The Morgan fingerprint density at radius 3 is 1.15 bits per heavy atom. The van der Waals surface area contributed by atoms with E-state index in [0.717, 1.165) is 22.4 Å². The summed E-state index contributed by atoms with van der Waals surface area (Å²) in [6, 6.07) is 58.1. The molecule has 0 heterocycles. The second-order valence-corrected chi connectivity index (χ2v) is 20.2. The molecule has 0 saturated carbocycles. The second-order valence-electron chi connectivity index (χ2n) is 15.5. The number of fused-ring (bicyclic) bond motifs is 2. The zero-order valence-electron chi connectivity index (χ0n) is 36.8. The Kier molecular flexibility index (Phi) is 18.9. The van der Waals surface area contributed by atoms with Crippen molar-refractivity contribution in [3.63, 3.8) is 0 Å². The number of hydrogen-bond acceptors (Lipinski definition) is 0. The number of halogens is 2. The van der Waals surface area contributed by atoms with Crippen molar-refractivity contribution in [2.75, 3.05) is 0 Å². The van der Waals surface area contributed by atoms with E-state index in [0.29, 0.717) is 11.8 Å². The first-order chi connectivity index (χ1) is 29.3. The van der Waals surface area contributed by atoms with Crippen LogP contribution in [0.5, 0.6) is 0 Å². The van der Waals surface area contributed by atoms with Crippen LogP contribution < -0.4 is 0 Å². The summed E-state index contributed by atoms with van der Waals surface area (Å²) >= 11 is -0.826. The molecule has 0 aliphatic heterocycles. The van der Waals surface area contributed by atoms with E-state index in [2.05, 4.69) is 212 Å². The third kappa shape index (κ3) is 11.4. The maximum absolute atomic E-state index is 4.93. The molecule has 2 radical (unpaired) electrons. The third-order valence-electron chi connectivity index (χ3n) is 11.7. The fourth-order valence-electron chi connectivity index (χ4n) is 8.09. The molecule has 0 amide bonds. The molecule has 8 rings (SSSR count). The van der Waals surface area contributed by atoms with Crippen LogP contribution in [0.25, 0.3) is 66.1 Å². The van der Waals surface area contributed by atoms with Crippen molar-refractivity contribution in [3.8, 4) is 44.5 Å².